The second kappa shape index (κ2) is 7.13. The Morgan fingerprint density at radius 1 is 0.933 bits per heavy atom. The van der Waals surface area contributed by atoms with Crippen LogP contribution in [0, 0.1) is 10.1 Å². The summed E-state index contributed by atoms with van der Waals surface area (Å²) < 4.78 is 0. The zero-order valence-corrected chi connectivity index (χ0v) is 15.2. The van der Waals surface area contributed by atoms with Gasteiger partial charge in [-0.3, -0.25) is 24.5 Å². The fraction of sp³-hybridized carbons (Fsp3) is 0. The molecule has 0 radical (unpaired) electrons. The summed E-state index contributed by atoms with van der Waals surface area (Å²) in [6.45, 7) is 0. The number of rotatable bonds is 4. The van der Waals surface area contributed by atoms with Gasteiger partial charge in [0.25, 0.3) is 23.4 Å². The highest BCUT2D eigenvalue weighted by Crippen LogP contribution is 2.31. The highest BCUT2D eigenvalue weighted by Gasteiger charge is 2.37. The lowest BCUT2D eigenvalue weighted by molar-refractivity contribution is -0.384. The van der Waals surface area contributed by atoms with Crippen molar-refractivity contribution in [1.29, 1.82) is 0 Å². The number of carbonyl (C=O) groups is 3. The standard InChI is InChI=1S/C21H13N3O6/c25-18-7-2-1-6-17(18)22-19(26)12-8-9-15-16(10-12)21(28)23(20(15)27)13-4-3-5-14(11-13)24(29)30/h1-11,25H,(H,22,26). The Hall–Kier alpha value is -4.53. The molecule has 0 bridgehead atoms. The molecule has 0 aliphatic carbocycles. The number of hydrogen-bond donors (Lipinski definition) is 2. The van der Waals surface area contributed by atoms with Gasteiger partial charge in [0.05, 0.1) is 27.4 Å². The van der Waals surface area contributed by atoms with E-state index in [1.54, 1.807) is 12.1 Å². The minimum atomic E-state index is -0.687. The van der Waals surface area contributed by atoms with Crippen molar-refractivity contribution < 1.29 is 24.4 Å². The molecule has 2 N–H and O–H groups in total. The number of nitrogens with one attached hydrogen (secondary N) is 1. The van der Waals surface area contributed by atoms with Gasteiger partial charge < -0.3 is 10.4 Å². The zero-order valence-electron chi connectivity index (χ0n) is 15.2. The van der Waals surface area contributed by atoms with E-state index in [-0.39, 0.29) is 39.5 Å². The molecule has 148 valence electrons. The van der Waals surface area contributed by atoms with Crippen LogP contribution in [0.5, 0.6) is 5.75 Å². The Labute approximate surface area is 169 Å². The maximum Gasteiger partial charge on any atom is 0.271 e. The molecule has 0 saturated carbocycles. The van der Waals surface area contributed by atoms with Crippen LogP contribution in [0.25, 0.3) is 0 Å². The van der Waals surface area contributed by atoms with Crippen molar-refractivity contribution in [3.63, 3.8) is 0 Å². The number of imide groups is 1. The maximum absolute atomic E-state index is 12.8. The lowest BCUT2D eigenvalue weighted by atomic mass is 10.1. The number of nitro benzene ring substituents is 1. The quantitative estimate of drug-likeness (QED) is 0.297. The molecule has 0 spiro atoms. The summed E-state index contributed by atoms with van der Waals surface area (Å²) in [5.41, 5.74) is 0.215. The number of non-ortho nitro benzene ring substituents is 1. The molecule has 3 aromatic rings. The van der Waals surface area contributed by atoms with E-state index in [1.807, 2.05) is 0 Å². The largest absolute Gasteiger partial charge is 0.506 e. The molecule has 4 rings (SSSR count). The predicted molar refractivity (Wildman–Crippen MR) is 107 cm³/mol. The van der Waals surface area contributed by atoms with Crippen LogP contribution in [-0.2, 0) is 0 Å². The van der Waals surface area contributed by atoms with E-state index in [4.69, 9.17) is 0 Å². The van der Waals surface area contributed by atoms with E-state index in [2.05, 4.69) is 5.32 Å². The lowest BCUT2D eigenvalue weighted by Gasteiger charge is -2.13. The Bertz CT molecular complexity index is 1240. The molecule has 0 unspecified atom stereocenters. The maximum atomic E-state index is 12.8. The first-order chi connectivity index (χ1) is 14.4. The van der Waals surface area contributed by atoms with Crippen LogP contribution < -0.4 is 10.2 Å². The molecule has 1 heterocycles. The monoisotopic (exact) mass is 403 g/mol. The van der Waals surface area contributed by atoms with Crippen molar-refractivity contribution in [2.45, 2.75) is 0 Å². The van der Waals surface area contributed by atoms with Gasteiger partial charge in [-0.05, 0) is 36.4 Å². The van der Waals surface area contributed by atoms with Crippen molar-refractivity contribution in [1.82, 2.24) is 0 Å². The third-order valence-electron chi connectivity index (χ3n) is 4.60. The number of fused-ring (bicyclic) bond motifs is 1. The molecular formula is C21H13N3O6. The van der Waals surface area contributed by atoms with Gasteiger partial charge in [0.15, 0.2) is 0 Å². The van der Waals surface area contributed by atoms with Gasteiger partial charge >= 0.3 is 0 Å². The van der Waals surface area contributed by atoms with Crippen LogP contribution in [0.1, 0.15) is 31.1 Å². The number of phenols is 1. The molecule has 0 fully saturated rings. The number of para-hydroxylation sites is 2. The SMILES string of the molecule is O=C(Nc1ccccc1O)c1ccc2c(c1)C(=O)N(c1cccc([N+](=O)[O-])c1)C2=O. The van der Waals surface area contributed by atoms with Crippen molar-refractivity contribution in [3.05, 3.63) is 93.5 Å². The summed E-state index contributed by atoms with van der Waals surface area (Å²) in [5, 5.41) is 23.3. The minimum absolute atomic E-state index is 0.0106. The van der Waals surface area contributed by atoms with Gasteiger partial charge in [0.2, 0.25) is 0 Å². The molecule has 9 heteroatoms. The fourth-order valence-corrected chi connectivity index (χ4v) is 3.14. The molecule has 0 atom stereocenters. The summed E-state index contributed by atoms with van der Waals surface area (Å²) in [4.78, 5) is 49.3. The Kier molecular flexibility index (Phi) is 4.47. The first-order valence-corrected chi connectivity index (χ1v) is 8.73. The third kappa shape index (κ3) is 3.14. The minimum Gasteiger partial charge on any atom is -0.506 e. The fourth-order valence-electron chi connectivity index (χ4n) is 3.14. The summed E-state index contributed by atoms with van der Waals surface area (Å²) in [6, 6.07) is 15.4. The van der Waals surface area contributed by atoms with E-state index in [1.165, 1.54) is 48.5 Å². The number of amides is 3. The van der Waals surface area contributed by atoms with Crippen molar-refractivity contribution >= 4 is 34.8 Å². The lowest BCUT2D eigenvalue weighted by Crippen LogP contribution is -2.29. The molecule has 30 heavy (non-hydrogen) atoms. The molecule has 1 aliphatic rings. The molecule has 3 amide bonds. The summed E-state index contributed by atoms with van der Waals surface area (Å²) in [5.74, 6) is -2.01. The summed E-state index contributed by atoms with van der Waals surface area (Å²) >= 11 is 0. The zero-order chi connectivity index (χ0) is 21.4. The molecule has 3 aromatic carbocycles. The van der Waals surface area contributed by atoms with Gasteiger partial charge in [0, 0.05) is 17.7 Å². The normalized spacial score (nSPS) is 12.6. The molecule has 9 nitrogen and oxygen atoms in total. The molecule has 0 aromatic heterocycles. The van der Waals surface area contributed by atoms with E-state index in [0.29, 0.717) is 0 Å². The van der Waals surface area contributed by atoms with Gasteiger partial charge in [0.1, 0.15) is 5.75 Å². The number of aromatic hydroxyl groups is 1. The van der Waals surface area contributed by atoms with E-state index in [9.17, 15) is 29.6 Å². The van der Waals surface area contributed by atoms with Crippen molar-refractivity contribution in [2.24, 2.45) is 0 Å². The van der Waals surface area contributed by atoms with Gasteiger partial charge in [-0.1, -0.05) is 18.2 Å². The number of carbonyl (C=O) groups excluding carboxylic acids is 3. The van der Waals surface area contributed by atoms with Gasteiger partial charge in [-0.2, -0.15) is 0 Å². The Balaban J connectivity index is 1.65. The van der Waals surface area contributed by atoms with E-state index < -0.39 is 22.6 Å². The first-order valence-electron chi connectivity index (χ1n) is 8.73. The highest BCUT2D eigenvalue weighted by molar-refractivity contribution is 6.34. The molecule has 0 saturated heterocycles. The van der Waals surface area contributed by atoms with Crippen LogP contribution in [0.3, 0.4) is 0 Å². The third-order valence-corrected chi connectivity index (χ3v) is 4.60. The summed E-state index contributed by atoms with van der Waals surface area (Å²) in [6.07, 6.45) is 0. The number of nitro groups is 1. The number of nitrogens with zero attached hydrogens (tertiary/aromatic N) is 2. The first kappa shape index (κ1) is 18.8. The van der Waals surface area contributed by atoms with Crippen LogP contribution in [0.4, 0.5) is 17.1 Å². The van der Waals surface area contributed by atoms with E-state index >= 15 is 0 Å². The van der Waals surface area contributed by atoms with Crippen LogP contribution in [0.2, 0.25) is 0 Å². The smallest absolute Gasteiger partial charge is 0.271 e. The predicted octanol–water partition coefficient (Wildman–Crippen LogP) is 3.35. The topological polar surface area (TPSA) is 130 Å². The van der Waals surface area contributed by atoms with Crippen molar-refractivity contribution in [2.75, 3.05) is 10.2 Å². The van der Waals surface area contributed by atoms with Crippen LogP contribution >= 0.6 is 0 Å². The number of hydrogen-bond acceptors (Lipinski definition) is 6. The van der Waals surface area contributed by atoms with Gasteiger partial charge in [-0.25, -0.2) is 4.90 Å². The molecule has 1 aliphatic heterocycles. The number of anilines is 2. The van der Waals surface area contributed by atoms with Crippen LogP contribution in [-0.4, -0.2) is 27.8 Å². The second-order valence-corrected chi connectivity index (χ2v) is 6.45. The van der Waals surface area contributed by atoms with E-state index in [0.717, 1.165) is 11.0 Å². The second-order valence-electron chi connectivity index (χ2n) is 6.45. The number of benzene rings is 3. The Morgan fingerprint density at radius 3 is 2.40 bits per heavy atom. The highest BCUT2D eigenvalue weighted by atomic mass is 16.6. The Morgan fingerprint density at radius 2 is 1.67 bits per heavy atom. The average Bonchev–Trinajstić information content (AvgIpc) is 2.99. The van der Waals surface area contributed by atoms with Crippen LogP contribution in [0.15, 0.2) is 66.7 Å². The summed E-state index contributed by atoms with van der Waals surface area (Å²) in [7, 11) is 0. The van der Waals surface area contributed by atoms with Crippen molar-refractivity contribution in [3.8, 4) is 5.75 Å². The number of phenolic OH excluding ortho intramolecular Hbond substituents is 1. The van der Waals surface area contributed by atoms with Gasteiger partial charge in [-0.15, -0.1) is 0 Å². The molecular weight excluding hydrogens is 390 g/mol. The average molecular weight is 403 g/mol.